The van der Waals surface area contributed by atoms with Crippen molar-refractivity contribution in [2.24, 2.45) is 0 Å². The number of alkyl halides is 3. The summed E-state index contributed by atoms with van der Waals surface area (Å²) in [4.78, 5) is 12.8. The predicted molar refractivity (Wildman–Crippen MR) is 96.8 cm³/mol. The van der Waals surface area contributed by atoms with E-state index in [0.29, 0.717) is 23.9 Å². The Morgan fingerprint density at radius 2 is 1.62 bits per heavy atom. The fourth-order valence-corrected chi connectivity index (χ4v) is 3.11. The smallest absolute Gasteiger partial charge is 1.00 e. The minimum Gasteiger partial charge on any atom is -1.00 e. The maximum absolute atomic E-state index is 12.6. The van der Waals surface area contributed by atoms with E-state index in [1.807, 2.05) is 4.90 Å². The summed E-state index contributed by atoms with van der Waals surface area (Å²) in [5, 5.41) is 8.93. The van der Waals surface area contributed by atoms with E-state index in [9.17, 15) is 18.0 Å². The molecule has 9 heteroatoms. The van der Waals surface area contributed by atoms with Crippen molar-refractivity contribution >= 4 is 5.97 Å². The van der Waals surface area contributed by atoms with Crippen LogP contribution < -0.4 is 39.0 Å². The molecule has 1 aliphatic heterocycles. The molecule has 1 N–H and O–H groups in total. The Kier molecular flexibility index (Phi) is 8.39. The van der Waals surface area contributed by atoms with E-state index in [1.165, 1.54) is 12.1 Å². The van der Waals surface area contributed by atoms with E-state index in [2.05, 4.69) is 0 Å². The minimum atomic E-state index is -4.38. The largest absolute Gasteiger partial charge is 1.00 e. The van der Waals surface area contributed by atoms with Gasteiger partial charge >= 0.3 is 41.7 Å². The third kappa shape index (κ3) is 6.92. The molecular weight excluding hydrogens is 398 g/mol. The van der Waals surface area contributed by atoms with Crippen molar-refractivity contribution < 1.29 is 63.5 Å². The zero-order valence-corrected chi connectivity index (χ0v) is 18.0. The van der Waals surface area contributed by atoms with Crippen LogP contribution in [0.4, 0.5) is 13.2 Å². The molecule has 2 aromatic rings. The van der Waals surface area contributed by atoms with Crippen molar-refractivity contribution in [1.29, 1.82) is 0 Å². The first kappa shape index (κ1) is 23.5. The topological polar surface area (TPSA) is 59.0 Å². The molecule has 1 fully saturated rings. The number of hydrogen-bond donors (Lipinski definition) is 1. The second kappa shape index (κ2) is 10.3. The van der Waals surface area contributed by atoms with E-state index < -0.39 is 17.7 Å². The first-order chi connectivity index (χ1) is 13.3. The number of likely N-dealkylation sites (tertiary alicyclic amines) is 1. The SMILES string of the molecule is O=C(O)CN1CCC[C@@H]1COc1ccc(Oc2ccc(C(F)(F)F)cc2)cc1.[H-].[Na+]. The Bertz CT molecular complexity index is 803. The molecule has 0 amide bonds. The third-order valence-corrected chi connectivity index (χ3v) is 4.52. The van der Waals surface area contributed by atoms with Crippen LogP contribution >= 0.6 is 0 Å². The van der Waals surface area contributed by atoms with E-state index in [4.69, 9.17) is 14.6 Å². The number of aliphatic carboxylic acids is 1. The first-order valence-corrected chi connectivity index (χ1v) is 8.85. The minimum absolute atomic E-state index is 0. The number of nitrogens with zero attached hydrogens (tertiary/aromatic N) is 1. The number of benzene rings is 2. The van der Waals surface area contributed by atoms with Gasteiger partial charge in [0, 0.05) is 6.04 Å². The number of rotatable bonds is 7. The van der Waals surface area contributed by atoms with Crippen LogP contribution in [-0.2, 0) is 11.0 Å². The zero-order valence-electron chi connectivity index (χ0n) is 17.0. The van der Waals surface area contributed by atoms with E-state index in [1.54, 1.807) is 24.3 Å². The van der Waals surface area contributed by atoms with Crippen LogP contribution in [0.15, 0.2) is 48.5 Å². The summed E-state index contributed by atoms with van der Waals surface area (Å²) >= 11 is 0. The van der Waals surface area contributed by atoms with Gasteiger partial charge in [0.2, 0.25) is 0 Å². The van der Waals surface area contributed by atoms with E-state index in [-0.39, 0.29) is 43.6 Å². The van der Waals surface area contributed by atoms with Crippen molar-refractivity contribution in [2.45, 2.75) is 25.1 Å². The molecule has 0 aliphatic carbocycles. The van der Waals surface area contributed by atoms with Gasteiger partial charge in [-0.2, -0.15) is 13.2 Å². The van der Waals surface area contributed by atoms with Gasteiger partial charge in [0.05, 0.1) is 12.1 Å². The molecule has 5 nitrogen and oxygen atoms in total. The van der Waals surface area contributed by atoms with Crippen LogP contribution in [0.1, 0.15) is 19.8 Å². The maximum Gasteiger partial charge on any atom is 1.00 e. The molecular formula is C20H21F3NNaO4. The number of ether oxygens (including phenoxy) is 2. The summed E-state index contributed by atoms with van der Waals surface area (Å²) in [7, 11) is 0. The van der Waals surface area contributed by atoms with Crippen molar-refractivity contribution in [1.82, 2.24) is 4.90 Å². The molecule has 0 bridgehead atoms. The van der Waals surface area contributed by atoms with E-state index >= 15 is 0 Å². The van der Waals surface area contributed by atoms with Gasteiger partial charge in [-0.1, -0.05) is 0 Å². The summed E-state index contributed by atoms with van der Waals surface area (Å²) in [6.45, 7) is 1.15. The van der Waals surface area contributed by atoms with Crippen molar-refractivity contribution in [3.63, 3.8) is 0 Å². The van der Waals surface area contributed by atoms with Gasteiger partial charge in [0.15, 0.2) is 0 Å². The Morgan fingerprint density at radius 3 is 2.17 bits per heavy atom. The normalized spacial score (nSPS) is 16.9. The predicted octanol–water partition coefficient (Wildman–Crippen LogP) is 1.54. The summed E-state index contributed by atoms with van der Waals surface area (Å²) in [6.07, 6.45) is -2.54. The number of carboxylic acids is 1. The molecule has 1 aliphatic rings. The second-order valence-corrected chi connectivity index (χ2v) is 6.57. The average molecular weight is 419 g/mol. The summed E-state index contributed by atoms with van der Waals surface area (Å²) in [6, 6.07) is 11.3. The fourth-order valence-electron chi connectivity index (χ4n) is 3.11. The standard InChI is InChI=1S/C20H20F3NO4.Na.H/c21-20(22,23)14-3-5-17(6-4-14)28-18-9-7-16(8-10-18)27-13-15-2-1-11-24(15)12-19(25)26;;/h3-10,15H,1-2,11-13H2,(H,25,26);;/q;+1;-1/t15-;;/m1../s1. The van der Waals surface area contributed by atoms with Gasteiger partial charge in [0.25, 0.3) is 0 Å². The van der Waals surface area contributed by atoms with E-state index in [0.717, 1.165) is 31.5 Å². The summed E-state index contributed by atoms with van der Waals surface area (Å²) in [5.41, 5.74) is -0.729. The third-order valence-electron chi connectivity index (χ3n) is 4.52. The second-order valence-electron chi connectivity index (χ2n) is 6.57. The zero-order chi connectivity index (χ0) is 20.1. The van der Waals surface area contributed by atoms with Gasteiger partial charge in [-0.25, -0.2) is 0 Å². The molecule has 0 spiro atoms. The summed E-state index contributed by atoms with van der Waals surface area (Å²) < 4.78 is 49.0. The number of carboxylic acid groups (broad SMARTS) is 1. The molecule has 2 aromatic carbocycles. The van der Waals surface area contributed by atoms with Gasteiger partial charge < -0.3 is 16.0 Å². The molecule has 29 heavy (non-hydrogen) atoms. The Hall–Kier alpha value is -1.74. The number of carbonyl (C=O) groups is 1. The van der Waals surface area contributed by atoms with Crippen LogP contribution in [0.25, 0.3) is 0 Å². The van der Waals surface area contributed by atoms with Crippen molar-refractivity contribution in [3.05, 3.63) is 54.1 Å². The fraction of sp³-hybridized carbons (Fsp3) is 0.350. The monoisotopic (exact) mass is 419 g/mol. The Balaban J connectivity index is 0.00000225. The van der Waals surface area contributed by atoms with Crippen LogP contribution in [0.2, 0.25) is 0 Å². The van der Waals surface area contributed by atoms with Gasteiger partial charge in [-0.05, 0) is 67.9 Å². The van der Waals surface area contributed by atoms with Crippen LogP contribution in [-0.4, -0.2) is 41.7 Å². The molecule has 0 unspecified atom stereocenters. The average Bonchev–Trinajstić information content (AvgIpc) is 3.07. The first-order valence-electron chi connectivity index (χ1n) is 8.85. The Morgan fingerprint density at radius 1 is 1.07 bits per heavy atom. The van der Waals surface area contributed by atoms with Crippen molar-refractivity contribution in [2.75, 3.05) is 19.7 Å². The van der Waals surface area contributed by atoms with Gasteiger partial charge in [-0.3, -0.25) is 9.69 Å². The molecule has 1 saturated heterocycles. The maximum atomic E-state index is 12.6. The molecule has 3 rings (SSSR count). The number of hydrogen-bond acceptors (Lipinski definition) is 4. The molecule has 1 atom stereocenters. The molecule has 152 valence electrons. The molecule has 0 saturated carbocycles. The molecule has 0 radical (unpaired) electrons. The Labute approximate surface area is 190 Å². The van der Waals surface area contributed by atoms with Crippen LogP contribution in [0.5, 0.6) is 17.2 Å². The number of halogens is 3. The van der Waals surface area contributed by atoms with Gasteiger partial charge in [-0.15, -0.1) is 0 Å². The van der Waals surface area contributed by atoms with Gasteiger partial charge in [0.1, 0.15) is 23.9 Å². The molecule has 0 aromatic heterocycles. The molecule has 1 heterocycles. The summed E-state index contributed by atoms with van der Waals surface area (Å²) in [5.74, 6) is 0.538. The van der Waals surface area contributed by atoms with Crippen molar-refractivity contribution in [3.8, 4) is 17.2 Å². The van der Waals surface area contributed by atoms with Crippen LogP contribution in [0.3, 0.4) is 0 Å². The quantitative estimate of drug-likeness (QED) is 0.691. The van der Waals surface area contributed by atoms with Crippen LogP contribution in [0, 0.1) is 0 Å².